The molecule has 5 nitrogen and oxygen atoms in total. The van der Waals surface area contributed by atoms with Crippen molar-refractivity contribution in [1.82, 2.24) is 13.7 Å². The molecule has 7 aromatic rings. The van der Waals surface area contributed by atoms with Gasteiger partial charge in [0.05, 0.1) is 30.1 Å². The standard InChI is InChI=1S/C33H27N3O2/c1-38-22-14-10-19(11-15-22)17-34-18-25-28-23-6-2-4-8-26(23)35-20-12-13-21(16-20)36-27-9-5-3-7-24(27)29(30(25)33(34)37)32(36)31(28)35/h2-11,14-15,18,20-21,37H,12-13,16-17H2,1H3/t20-,21+/m0/s1. The highest BCUT2D eigenvalue weighted by molar-refractivity contribution is 6.37. The summed E-state index contributed by atoms with van der Waals surface area (Å²) in [4.78, 5) is 0. The Hall–Kier alpha value is -4.38. The Balaban J connectivity index is 1.49. The van der Waals surface area contributed by atoms with Crippen LogP contribution >= 0.6 is 0 Å². The molecule has 2 bridgehead atoms. The van der Waals surface area contributed by atoms with Gasteiger partial charge in [0.1, 0.15) is 5.75 Å². The lowest BCUT2D eigenvalue weighted by Crippen LogP contribution is -2.03. The molecule has 3 aromatic heterocycles. The van der Waals surface area contributed by atoms with Gasteiger partial charge in [0.25, 0.3) is 0 Å². The molecule has 9 rings (SSSR count). The number of fused-ring (bicyclic) bond motifs is 13. The van der Waals surface area contributed by atoms with Gasteiger partial charge in [-0.05, 0) is 49.1 Å². The summed E-state index contributed by atoms with van der Waals surface area (Å²) >= 11 is 0. The van der Waals surface area contributed by atoms with Crippen molar-refractivity contribution in [3.05, 3.63) is 84.6 Å². The van der Waals surface area contributed by atoms with E-state index in [1.54, 1.807) is 7.11 Å². The number of methoxy groups -OCH3 is 1. The Labute approximate surface area is 219 Å². The van der Waals surface area contributed by atoms with Crippen LogP contribution in [-0.2, 0) is 6.54 Å². The molecule has 0 amide bonds. The maximum atomic E-state index is 11.9. The number of hydrogen-bond acceptors (Lipinski definition) is 2. The Morgan fingerprint density at radius 2 is 1.34 bits per heavy atom. The third kappa shape index (κ3) is 2.42. The Kier molecular flexibility index (Phi) is 3.88. The normalized spacial score (nSPS) is 18.6. The monoisotopic (exact) mass is 497 g/mol. The minimum absolute atomic E-state index is 0.340. The summed E-state index contributed by atoms with van der Waals surface area (Å²) in [5.74, 6) is 1.18. The predicted molar refractivity (Wildman–Crippen MR) is 154 cm³/mol. The first-order chi connectivity index (χ1) is 18.7. The van der Waals surface area contributed by atoms with Crippen molar-refractivity contribution in [3.63, 3.8) is 0 Å². The van der Waals surface area contributed by atoms with Crippen LogP contribution in [0.3, 0.4) is 0 Å². The lowest BCUT2D eigenvalue weighted by Gasteiger charge is -2.15. The number of rotatable bonds is 3. The first-order valence-corrected chi connectivity index (χ1v) is 13.5. The van der Waals surface area contributed by atoms with Crippen LogP contribution in [0, 0.1) is 0 Å². The molecule has 1 fully saturated rings. The fourth-order valence-electron chi connectivity index (χ4n) is 7.71. The van der Waals surface area contributed by atoms with Crippen LogP contribution in [0.2, 0.25) is 0 Å². The van der Waals surface area contributed by atoms with Gasteiger partial charge in [-0.1, -0.05) is 48.5 Å². The molecule has 0 spiro atoms. The van der Waals surface area contributed by atoms with Crippen molar-refractivity contribution in [3.8, 4) is 11.6 Å². The number of aromatic nitrogens is 3. The van der Waals surface area contributed by atoms with E-state index in [-0.39, 0.29) is 0 Å². The average molecular weight is 498 g/mol. The van der Waals surface area contributed by atoms with Crippen LogP contribution in [0.15, 0.2) is 79.0 Å². The highest BCUT2D eigenvalue weighted by atomic mass is 16.5. The van der Waals surface area contributed by atoms with Crippen LogP contribution in [0.5, 0.6) is 11.6 Å². The van der Waals surface area contributed by atoms with Gasteiger partial charge in [-0.25, -0.2) is 0 Å². The third-order valence-corrected chi connectivity index (χ3v) is 9.23. The summed E-state index contributed by atoms with van der Waals surface area (Å²) in [7, 11) is 1.68. The number of hydrogen-bond donors (Lipinski definition) is 1. The van der Waals surface area contributed by atoms with E-state index in [1.165, 1.54) is 56.5 Å². The van der Waals surface area contributed by atoms with Gasteiger partial charge in [0.2, 0.25) is 0 Å². The van der Waals surface area contributed by atoms with Gasteiger partial charge < -0.3 is 23.5 Å². The lowest BCUT2D eigenvalue weighted by atomic mass is 10.0. The smallest absolute Gasteiger partial charge is 0.200 e. The number of ether oxygens (including phenoxy) is 1. The quantitative estimate of drug-likeness (QED) is 0.270. The van der Waals surface area contributed by atoms with Crippen LogP contribution in [0.4, 0.5) is 0 Å². The molecular formula is C33H27N3O2. The Morgan fingerprint density at radius 1 is 0.737 bits per heavy atom. The predicted octanol–water partition coefficient (Wildman–Crippen LogP) is 7.90. The van der Waals surface area contributed by atoms with E-state index >= 15 is 0 Å². The number of benzene rings is 4. The molecule has 1 N–H and O–H groups in total. The third-order valence-electron chi connectivity index (χ3n) is 9.23. The minimum Gasteiger partial charge on any atom is -0.497 e. The number of aromatic hydroxyl groups is 1. The van der Waals surface area contributed by atoms with E-state index in [1.807, 2.05) is 16.7 Å². The zero-order valence-corrected chi connectivity index (χ0v) is 21.2. The van der Waals surface area contributed by atoms with Gasteiger partial charge in [-0.15, -0.1) is 0 Å². The molecule has 186 valence electrons. The first kappa shape index (κ1) is 20.7. The van der Waals surface area contributed by atoms with Crippen LogP contribution in [0.1, 0.15) is 36.9 Å². The van der Waals surface area contributed by atoms with Gasteiger partial charge in [0, 0.05) is 56.2 Å². The van der Waals surface area contributed by atoms with Gasteiger partial charge in [-0.2, -0.15) is 0 Å². The SMILES string of the molecule is COc1ccc(Cn2cc3c(c2O)c2c4ccccc4n4c2c2c3c3ccccc3n2[C@H]2CC[C@@H]4C2)cc1. The van der Waals surface area contributed by atoms with Gasteiger partial charge >= 0.3 is 0 Å². The molecule has 2 atom stereocenters. The molecule has 0 saturated heterocycles. The van der Waals surface area contributed by atoms with Gasteiger partial charge in [0.15, 0.2) is 5.88 Å². The van der Waals surface area contributed by atoms with E-state index in [0.717, 1.165) is 28.5 Å². The summed E-state index contributed by atoms with van der Waals surface area (Å²) in [6, 6.07) is 26.7. The molecule has 1 saturated carbocycles. The van der Waals surface area contributed by atoms with Gasteiger partial charge in [-0.3, -0.25) is 0 Å². The van der Waals surface area contributed by atoms with E-state index in [9.17, 15) is 5.11 Å². The van der Waals surface area contributed by atoms with Crippen molar-refractivity contribution in [1.29, 1.82) is 0 Å². The number of nitrogens with zero attached hydrogens (tertiary/aromatic N) is 3. The largest absolute Gasteiger partial charge is 0.497 e. The Morgan fingerprint density at radius 3 is 2.00 bits per heavy atom. The zero-order chi connectivity index (χ0) is 25.1. The maximum Gasteiger partial charge on any atom is 0.200 e. The van der Waals surface area contributed by atoms with Crippen molar-refractivity contribution < 1.29 is 9.84 Å². The van der Waals surface area contributed by atoms with Crippen molar-refractivity contribution in [2.45, 2.75) is 37.9 Å². The highest BCUT2D eigenvalue weighted by Crippen LogP contribution is 2.54. The minimum atomic E-state index is 0.340. The summed E-state index contributed by atoms with van der Waals surface area (Å²) < 4.78 is 12.6. The fraction of sp³-hybridized carbons (Fsp3) is 0.212. The molecule has 1 aliphatic carbocycles. The second kappa shape index (κ2) is 7.13. The molecule has 4 aromatic carbocycles. The van der Waals surface area contributed by atoms with E-state index < -0.39 is 0 Å². The summed E-state index contributed by atoms with van der Waals surface area (Å²) in [5, 5.41) is 19.0. The maximum absolute atomic E-state index is 11.9. The first-order valence-electron chi connectivity index (χ1n) is 13.5. The second-order valence-corrected chi connectivity index (χ2v) is 11.1. The van der Waals surface area contributed by atoms with E-state index in [0.29, 0.717) is 24.5 Å². The molecule has 38 heavy (non-hydrogen) atoms. The van der Waals surface area contributed by atoms with E-state index in [2.05, 4.69) is 76.0 Å². The molecule has 0 radical (unpaired) electrons. The molecule has 1 aliphatic heterocycles. The van der Waals surface area contributed by atoms with Crippen LogP contribution in [0.25, 0.3) is 54.4 Å². The zero-order valence-electron chi connectivity index (χ0n) is 21.2. The molecular weight excluding hydrogens is 470 g/mol. The average Bonchev–Trinajstić information content (AvgIpc) is 3.68. The summed E-state index contributed by atoms with van der Waals surface area (Å²) in [5.41, 5.74) is 6.33. The van der Waals surface area contributed by atoms with Crippen molar-refractivity contribution in [2.75, 3.05) is 7.11 Å². The summed E-state index contributed by atoms with van der Waals surface area (Å²) in [6.07, 6.45) is 5.72. The van der Waals surface area contributed by atoms with E-state index in [4.69, 9.17) is 4.74 Å². The number of para-hydroxylation sites is 2. The second-order valence-electron chi connectivity index (χ2n) is 11.1. The lowest BCUT2D eigenvalue weighted by molar-refractivity contribution is 0.414. The Bertz CT molecular complexity index is 2090. The highest BCUT2D eigenvalue weighted by Gasteiger charge is 2.37. The molecule has 2 aliphatic rings. The fourth-order valence-corrected chi connectivity index (χ4v) is 7.71. The summed E-state index contributed by atoms with van der Waals surface area (Å²) in [6.45, 7) is 0.593. The van der Waals surface area contributed by atoms with Crippen molar-refractivity contribution in [2.24, 2.45) is 0 Å². The molecule has 4 heterocycles. The van der Waals surface area contributed by atoms with Crippen LogP contribution < -0.4 is 4.74 Å². The molecule has 0 unspecified atom stereocenters. The molecule has 5 heteroatoms. The van der Waals surface area contributed by atoms with Crippen LogP contribution in [-0.4, -0.2) is 25.9 Å². The van der Waals surface area contributed by atoms with Crippen molar-refractivity contribution >= 4 is 54.4 Å². The topological polar surface area (TPSA) is 44.2 Å².